The maximum absolute atomic E-state index is 13.1. The van der Waals surface area contributed by atoms with Crippen molar-refractivity contribution in [3.05, 3.63) is 70.9 Å². The third kappa shape index (κ3) is 4.30. The van der Waals surface area contributed by atoms with Crippen molar-refractivity contribution >= 4 is 28.8 Å². The number of amides is 2. The summed E-state index contributed by atoms with van der Waals surface area (Å²) in [6.45, 7) is 0.206. The lowest BCUT2D eigenvalue weighted by Crippen LogP contribution is -2.38. The van der Waals surface area contributed by atoms with Crippen LogP contribution in [0.1, 0.15) is 10.9 Å². The average Bonchev–Trinajstić information content (AvgIpc) is 3.29. The van der Waals surface area contributed by atoms with E-state index in [0.717, 1.165) is 10.9 Å². The lowest BCUT2D eigenvalue weighted by Gasteiger charge is -2.17. The summed E-state index contributed by atoms with van der Waals surface area (Å²) in [6, 6.07) is 10.8. The molecule has 1 aromatic carbocycles. The van der Waals surface area contributed by atoms with E-state index in [1.54, 1.807) is 23.1 Å². The number of hydrogen-bond acceptors (Lipinski definition) is 4. The minimum absolute atomic E-state index is 0.206. The van der Waals surface area contributed by atoms with E-state index < -0.39 is 17.6 Å². The molecule has 0 spiro atoms. The van der Waals surface area contributed by atoms with Crippen molar-refractivity contribution in [2.75, 3.05) is 11.9 Å². The number of rotatable bonds is 5. The summed E-state index contributed by atoms with van der Waals surface area (Å²) in [4.78, 5) is 25.0. The van der Waals surface area contributed by atoms with Gasteiger partial charge in [0.2, 0.25) is 0 Å². The van der Waals surface area contributed by atoms with Crippen molar-refractivity contribution < 1.29 is 14.0 Å². The van der Waals surface area contributed by atoms with Crippen molar-refractivity contribution in [2.45, 2.75) is 6.04 Å². The molecule has 1 atom stereocenters. The number of anilines is 1. The minimum atomic E-state index is -0.851. The molecule has 0 bridgehead atoms. The molecule has 2 amide bonds. The van der Waals surface area contributed by atoms with Crippen molar-refractivity contribution in [3.8, 4) is 0 Å². The van der Waals surface area contributed by atoms with Gasteiger partial charge in [0.05, 0.1) is 0 Å². The van der Waals surface area contributed by atoms with E-state index in [0.29, 0.717) is 0 Å². The molecular weight excluding hydrogens is 343 g/mol. The van der Waals surface area contributed by atoms with Gasteiger partial charge in [-0.2, -0.15) is 5.10 Å². The number of aromatic nitrogens is 2. The highest BCUT2D eigenvalue weighted by Crippen LogP contribution is 2.21. The van der Waals surface area contributed by atoms with E-state index in [1.165, 1.54) is 29.5 Å². The van der Waals surface area contributed by atoms with Gasteiger partial charge in [-0.25, -0.2) is 4.39 Å². The van der Waals surface area contributed by atoms with Crippen LogP contribution in [0.4, 0.5) is 10.1 Å². The zero-order valence-corrected chi connectivity index (χ0v) is 13.9. The highest BCUT2D eigenvalue weighted by atomic mass is 32.1. The van der Waals surface area contributed by atoms with Crippen LogP contribution in [0.2, 0.25) is 0 Å². The Kier molecular flexibility index (Phi) is 5.20. The lowest BCUT2D eigenvalue weighted by atomic mass is 10.2. The van der Waals surface area contributed by atoms with E-state index in [9.17, 15) is 14.0 Å². The van der Waals surface area contributed by atoms with Crippen molar-refractivity contribution in [1.82, 2.24) is 15.1 Å². The second-order valence-electron chi connectivity index (χ2n) is 5.19. The molecule has 0 saturated heterocycles. The predicted octanol–water partition coefficient (Wildman–Crippen LogP) is 2.43. The lowest BCUT2D eigenvalue weighted by molar-refractivity contribution is -0.136. The Balaban J connectivity index is 1.62. The van der Waals surface area contributed by atoms with E-state index in [-0.39, 0.29) is 18.3 Å². The molecule has 6 nitrogen and oxygen atoms in total. The SMILES string of the molecule is O=C(NCC(c1cccs1)n1cccn1)C(=O)Nc1cccc(F)c1. The van der Waals surface area contributed by atoms with E-state index in [4.69, 9.17) is 0 Å². The molecule has 0 aliphatic carbocycles. The van der Waals surface area contributed by atoms with Crippen molar-refractivity contribution in [3.63, 3.8) is 0 Å². The molecule has 2 N–H and O–H groups in total. The fraction of sp³-hybridized carbons (Fsp3) is 0.118. The highest BCUT2D eigenvalue weighted by molar-refractivity contribution is 7.10. The van der Waals surface area contributed by atoms with Crippen LogP contribution in [-0.4, -0.2) is 28.1 Å². The summed E-state index contributed by atoms with van der Waals surface area (Å²) in [5, 5.41) is 11.1. The van der Waals surface area contributed by atoms with Crippen LogP contribution in [0.5, 0.6) is 0 Å². The Morgan fingerprint density at radius 2 is 2.08 bits per heavy atom. The van der Waals surface area contributed by atoms with Gasteiger partial charge in [0.1, 0.15) is 11.9 Å². The fourth-order valence-electron chi connectivity index (χ4n) is 2.29. The first kappa shape index (κ1) is 16.8. The highest BCUT2D eigenvalue weighted by Gasteiger charge is 2.19. The number of carbonyl (C=O) groups is 2. The second-order valence-corrected chi connectivity index (χ2v) is 6.17. The van der Waals surface area contributed by atoms with E-state index in [1.807, 2.05) is 17.5 Å². The number of hydrogen-bond donors (Lipinski definition) is 2. The summed E-state index contributed by atoms with van der Waals surface area (Å²) in [7, 11) is 0. The van der Waals surface area contributed by atoms with Crippen LogP contribution in [0, 0.1) is 5.82 Å². The molecule has 0 saturated carbocycles. The molecule has 2 heterocycles. The Hall–Kier alpha value is -3.00. The first-order chi connectivity index (χ1) is 12.1. The van der Waals surface area contributed by atoms with Crippen LogP contribution in [0.25, 0.3) is 0 Å². The third-order valence-electron chi connectivity index (χ3n) is 3.46. The smallest absolute Gasteiger partial charge is 0.313 e. The van der Waals surface area contributed by atoms with Crippen LogP contribution < -0.4 is 10.6 Å². The van der Waals surface area contributed by atoms with Gasteiger partial charge in [0.15, 0.2) is 0 Å². The molecule has 25 heavy (non-hydrogen) atoms. The Labute approximate surface area is 147 Å². The zero-order chi connectivity index (χ0) is 17.6. The number of nitrogens with one attached hydrogen (secondary N) is 2. The predicted molar refractivity (Wildman–Crippen MR) is 92.7 cm³/mol. The minimum Gasteiger partial charge on any atom is -0.345 e. The van der Waals surface area contributed by atoms with Gasteiger partial charge < -0.3 is 10.6 Å². The zero-order valence-electron chi connectivity index (χ0n) is 13.1. The van der Waals surface area contributed by atoms with Gasteiger partial charge in [-0.05, 0) is 35.7 Å². The van der Waals surface area contributed by atoms with Crippen molar-refractivity contribution in [2.24, 2.45) is 0 Å². The summed E-state index contributed by atoms with van der Waals surface area (Å²) in [5.41, 5.74) is 0.224. The standard InChI is InChI=1S/C17H15FN4O2S/c18-12-4-1-5-13(10-12)21-17(24)16(23)19-11-14(15-6-2-9-25-15)22-8-3-7-20-22/h1-10,14H,11H2,(H,19,23)(H,21,24). The number of halogens is 1. The van der Waals surface area contributed by atoms with Crippen molar-refractivity contribution in [1.29, 1.82) is 0 Å². The van der Waals surface area contributed by atoms with Gasteiger partial charge in [0, 0.05) is 29.5 Å². The molecule has 128 valence electrons. The Morgan fingerprint density at radius 3 is 2.76 bits per heavy atom. The van der Waals surface area contributed by atoms with Gasteiger partial charge in [-0.3, -0.25) is 14.3 Å². The third-order valence-corrected chi connectivity index (χ3v) is 4.43. The van der Waals surface area contributed by atoms with Gasteiger partial charge in [-0.1, -0.05) is 12.1 Å². The number of carbonyl (C=O) groups excluding carboxylic acids is 2. The molecule has 8 heteroatoms. The van der Waals surface area contributed by atoms with Crippen LogP contribution in [0.15, 0.2) is 60.2 Å². The molecule has 0 aliphatic heterocycles. The Morgan fingerprint density at radius 1 is 1.20 bits per heavy atom. The molecule has 0 aliphatic rings. The van der Waals surface area contributed by atoms with Gasteiger partial charge >= 0.3 is 11.8 Å². The quantitative estimate of drug-likeness (QED) is 0.688. The molecule has 0 fully saturated rings. The number of nitrogens with zero attached hydrogens (tertiary/aromatic N) is 2. The van der Waals surface area contributed by atoms with E-state index >= 15 is 0 Å². The maximum atomic E-state index is 13.1. The number of thiophene rings is 1. The van der Waals surface area contributed by atoms with Crippen LogP contribution in [-0.2, 0) is 9.59 Å². The summed E-state index contributed by atoms with van der Waals surface area (Å²) < 4.78 is 14.8. The normalized spacial score (nSPS) is 11.7. The second kappa shape index (κ2) is 7.71. The monoisotopic (exact) mass is 358 g/mol. The first-order valence-electron chi connectivity index (χ1n) is 7.51. The van der Waals surface area contributed by atoms with Crippen LogP contribution in [0.3, 0.4) is 0 Å². The fourth-order valence-corrected chi connectivity index (χ4v) is 3.11. The maximum Gasteiger partial charge on any atom is 0.313 e. The van der Waals surface area contributed by atoms with Crippen LogP contribution >= 0.6 is 11.3 Å². The molecule has 3 aromatic rings. The molecular formula is C17H15FN4O2S. The molecule has 0 radical (unpaired) electrons. The largest absolute Gasteiger partial charge is 0.345 e. The van der Waals surface area contributed by atoms with Gasteiger partial charge in [-0.15, -0.1) is 11.3 Å². The Bertz CT molecular complexity index is 815. The van der Waals surface area contributed by atoms with E-state index in [2.05, 4.69) is 15.7 Å². The average molecular weight is 358 g/mol. The molecule has 2 aromatic heterocycles. The molecule has 3 rings (SSSR count). The first-order valence-corrected chi connectivity index (χ1v) is 8.39. The summed E-state index contributed by atoms with van der Waals surface area (Å²) >= 11 is 1.54. The van der Waals surface area contributed by atoms with Gasteiger partial charge in [0.25, 0.3) is 0 Å². The topological polar surface area (TPSA) is 76.0 Å². The summed E-state index contributed by atoms with van der Waals surface area (Å²) in [5.74, 6) is -2.14. The molecule has 1 unspecified atom stereocenters. The summed E-state index contributed by atoms with van der Waals surface area (Å²) in [6.07, 6.45) is 3.45. The number of benzene rings is 1.